The van der Waals surface area contributed by atoms with Gasteiger partial charge in [-0.15, -0.1) is 0 Å². The van der Waals surface area contributed by atoms with Gasteiger partial charge in [-0.2, -0.15) is 0 Å². The highest BCUT2D eigenvalue weighted by molar-refractivity contribution is 7.99. The number of carboxylic acid groups (broad SMARTS) is 1. The second-order valence-corrected chi connectivity index (χ2v) is 6.21. The lowest BCUT2D eigenvalue weighted by Gasteiger charge is -2.19. The number of rotatable bonds is 4. The maximum Gasteiger partial charge on any atom is 0.336 e. The second-order valence-electron chi connectivity index (χ2n) is 5.09. The zero-order chi connectivity index (χ0) is 14.7. The Labute approximate surface area is 128 Å². The molecule has 3 rings (SSSR count). The molecule has 1 aliphatic rings. The van der Waals surface area contributed by atoms with Crippen LogP contribution in [0.5, 0.6) is 0 Å². The average Bonchev–Trinajstić information content (AvgIpc) is 3.03. The molecule has 0 spiro atoms. The highest BCUT2D eigenvalue weighted by Crippen LogP contribution is 2.33. The molecule has 21 heavy (non-hydrogen) atoms. The van der Waals surface area contributed by atoms with Crippen molar-refractivity contribution in [3.63, 3.8) is 0 Å². The van der Waals surface area contributed by atoms with Crippen molar-refractivity contribution in [3.05, 3.63) is 54.1 Å². The molecule has 1 aliphatic heterocycles. The summed E-state index contributed by atoms with van der Waals surface area (Å²) in [7, 11) is 0. The average molecular weight is 299 g/mol. The molecular weight excluding hydrogens is 282 g/mol. The van der Waals surface area contributed by atoms with Gasteiger partial charge in [0.25, 0.3) is 0 Å². The minimum atomic E-state index is -0.866. The Morgan fingerprint density at radius 2 is 1.76 bits per heavy atom. The van der Waals surface area contributed by atoms with E-state index in [1.807, 2.05) is 42.5 Å². The zero-order valence-corrected chi connectivity index (χ0v) is 12.5. The maximum absolute atomic E-state index is 11.5. The Bertz CT molecular complexity index is 636. The van der Waals surface area contributed by atoms with Gasteiger partial charge in [-0.25, -0.2) is 4.79 Å². The fraction of sp³-hybridized carbons (Fsp3) is 0.235. The van der Waals surface area contributed by atoms with E-state index in [1.54, 1.807) is 6.07 Å². The Balaban J connectivity index is 1.91. The number of carbonyl (C=O) groups is 1. The Morgan fingerprint density at radius 3 is 2.43 bits per heavy atom. The van der Waals surface area contributed by atoms with Gasteiger partial charge in [-0.1, -0.05) is 30.0 Å². The van der Waals surface area contributed by atoms with Gasteiger partial charge in [-0.05, 0) is 43.2 Å². The zero-order valence-electron chi connectivity index (χ0n) is 11.7. The first kappa shape index (κ1) is 14.0. The van der Waals surface area contributed by atoms with Crippen molar-refractivity contribution in [1.82, 2.24) is 0 Å². The molecule has 0 aliphatic carbocycles. The van der Waals surface area contributed by atoms with E-state index in [9.17, 15) is 9.90 Å². The van der Waals surface area contributed by atoms with E-state index in [0.717, 1.165) is 28.6 Å². The molecule has 1 N–H and O–H groups in total. The SMILES string of the molecule is O=C(O)c1cc(N2CCCC2)ccc1Sc1ccccc1. The molecule has 0 atom stereocenters. The fourth-order valence-electron chi connectivity index (χ4n) is 2.56. The summed E-state index contributed by atoms with van der Waals surface area (Å²) in [6.07, 6.45) is 2.37. The topological polar surface area (TPSA) is 40.5 Å². The third-order valence-corrected chi connectivity index (χ3v) is 4.72. The molecule has 4 heteroatoms. The summed E-state index contributed by atoms with van der Waals surface area (Å²) in [5.41, 5.74) is 1.40. The van der Waals surface area contributed by atoms with Crippen LogP contribution in [0.4, 0.5) is 5.69 Å². The predicted octanol–water partition coefficient (Wildman–Crippen LogP) is 4.14. The molecule has 0 amide bonds. The van der Waals surface area contributed by atoms with Crippen molar-refractivity contribution in [2.75, 3.05) is 18.0 Å². The second kappa shape index (κ2) is 6.22. The largest absolute Gasteiger partial charge is 0.478 e. The van der Waals surface area contributed by atoms with E-state index in [2.05, 4.69) is 4.90 Å². The molecule has 0 aromatic heterocycles. The van der Waals surface area contributed by atoms with Crippen LogP contribution in [0.25, 0.3) is 0 Å². The van der Waals surface area contributed by atoms with Crippen LogP contribution in [0, 0.1) is 0 Å². The van der Waals surface area contributed by atoms with E-state index in [-0.39, 0.29) is 0 Å². The number of hydrogen-bond acceptors (Lipinski definition) is 3. The van der Waals surface area contributed by atoms with Crippen LogP contribution in [0.1, 0.15) is 23.2 Å². The lowest BCUT2D eigenvalue weighted by Crippen LogP contribution is -2.18. The lowest BCUT2D eigenvalue weighted by atomic mass is 10.2. The minimum absolute atomic E-state index is 0.383. The summed E-state index contributed by atoms with van der Waals surface area (Å²) in [5.74, 6) is -0.866. The van der Waals surface area contributed by atoms with Crippen LogP contribution in [0.2, 0.25) is 0 Å². The quantitative estimate of drug-likeness (QED) is 0.921. The first-order valence-corrected chi connectivity index (χ1v) is 7.91. The maximum atomic E-state index is 11.5. The summed E-state index contributed by atoms with van der Waals surface area (Å²) in [6, 6.07) is 15.6. The number of carboxylic acids is 1. The number of hydrogen-bond donors (Lipinski definition) is 1. The van der Waals surface area contributed by atoms with Crippen molar-refractivity contribution in [2.45, 2.75) is 22.6 Å². The molecule has 108 valence electrons. The first-order chi connectivity index (χ1) is 10.2. The van der Waals surface area contributed by atoms with Crippen LogP contribution >= 0.6 is 11.8 Å². The van der Waals surface area contributed by atoms with E-state index in [4.69, 9.17) is 0 Å². The smallest absolute Gasteiger partial charge is 0.336 e. The number of nitrogens with zero attached hydrogens (tertiary/aromatic N) is 1. The Hall–Kier alpha value is -1.94. The van der Waals surface area contributed by atoms with Crippen LogP contribution in [-0.4, -0.2) is 24.2 Å². The van der Waals surface area contributed by atoms with Gasteiger partial charge in [0.2, 0.25) is 0 Å². The molecular formula is C17H17NO2S. The van der Waals surface area contributed by atoms with Crippen LogP contribution in [0.3, 0.4) is 0 Å². The van der Waals surface area contributed by atoms with Gasteiger partial charge >= 0.3 is 5.97 Å². The molecule has 1 fully saturated rings. The van der Waals surface area contributed by atoms with Crippen LogP contribution < -0.4 is 4.90 Å². The van der Waals surface area contributed by atoms with Crippen LogP contribution in [-0.2, 0) is 0 Å². The molecule has 0 saturated carbocycles. The van der Waals surface area contributed by atoms with Crippen molar-refractivity contribution in [2.24, 2.45) is 0 Å². The lowest BCUT2D eigenvalue weighted by molar-refractivity contribution is 0.0693. The summed E-state index contributed by atoms with van der Waals surface area (Å²) >= 11 is 1.49. The molecule has 1 saturated heterocycles. The summed E-state index contributed by atoms with van der Waals surface area (Å²) in [6.45, 7) is 2.04. The molecule has 0 bridgehead atoms. The molecule has 0 radical (unpaired) electrons. The molecule has 2 aromatic carbocycles. The third kappa shape index (κ3) is 3.22. The highest BCUT2D eigenvalue weighted by Gasteiger charge is 2.17. The monoisotopic (exact) mass is 299 g/mol. The van der Waals surface area contributed by atoms with E-state index >= 15 is 0 Å². The standard InChI is InChI=1S/C17H17NO2S/c19-17(20)15-12-13(18-10-4-5-11-18)8-9-16(15)21-14-6-2-1-3-7-14/h1-3,6-9,12H,4-5,10-11H2,(H,19,20). The molecule has 1 heterocycles. The van der Waals surface area contributed by atoms with Crippen molar-refractivity contribution in [1.29, 1.82) is 0 Å². The van der Waals surface area contributed by atoms with E-state index in [0.29, 0.717) is 5.56 Å². The normalized spacial score (nSPS) is 14.4. The van der Waals surface area contributed by atoms with Crippen molar-refractivity contribution < 1.29 is 9.90 Å². The number of aromatic carboxylic acids is 1. The number of benzene rings is 2. The summed E-state index contributed by atoms with van der Waals surface area (Å²) in [5, 5.41) is 9.48. The number of anilines is 1. The molecule has 2 aromatic rings. The van der Waals surface area contributed by atoms with Gasteiger partial charge in [0.05, 0.1) is 5.56 Å². The van der Waals surface area contributed by atoms with Gasteiger partial charge < -0.3 is 10.0 Å². The van der Waals surface area contributed by atoms with Gasteiger partial charge in [-0.3, -0.25) is 0 Å². The van der Waals surface area contributed by atoms with Gasteiger partial charge in [0.15, 0.2) is 0 Å². The first-order valence-electron chi connectivity index (χ1n) is 7.09. The molecule has 3 nitrogen and oxygen atoms in total. The highest BCUT2D eigenvalue weighted by atomic mass is 32.2. The minimum Gasteiger partial charge on any atom is -0.478 e. The van der Waals surface area contributed by atoms with Crippen molar-refractivity contribution in [3.8, 4) is 0 Å². The van der Waals surface area contributed by atoms with E-state index in [1.165, 1.54) is 24.6 Å². The predicted molar refractivity (Wildman–Crippen MR) is 85.4 cm³/mol. The third-order valence-electron chi connectivity index (χ3n) is 3.64. The Morgan fingerprint density at radius 1 is 1.05 bits per heavy atom. The Kier molecular flexibility index (Phi) is 4.15. The van der Waals surface area contributed by atoms with Gasteiger partial charge in [0.1, 0.15) is 0 Å². The fourth-order valence-corrected chi connectivity index (χ4v) is 3.50. The van der Waals surface area contributed by atoms with E-state index < -0.39 is 5.97 Å². The van der Waals surface area contributed by atoms with Gasteiger partial charge in [0, 0.05) is 28.6 Å². The molecule has 0 unspecified atom stereocenters. The summed E-state index contributed by atoms with van der Waals surface area (Å²) in [4.78, 5) is 15.6. The van der Waals surface area contributed by atoms with Crippen LogP contribution in [0.15, 0.2) is 58.3 Å². The summed E-state index contributed by atoms with van der Waals surface area (Å²) < 4.78 is 0. The van der Waals surface area contributed by atoms with Crippen molar-refractivity contribution >= 4 is 23.4 Å².